The maximum absolute atomic E-state index is 13.8. The standard InChI is InChI=1S/C30H22N4O2/c35-27-21-26(30(36)32(27)23-15-7-2-8-16-23)29-33(24-17-9-3-10-18-24)28(22-13-5-1-6-14-22)31-34(29)25-19-11-4-12-20-25/h1-20H,21H2/b29-26+. The van der Waals surface area contributed by atoms with Crippen LogP contribution in [0.2, 0.25) is 0 Å². The van der Waals surface area contributed by atoms with Crippen LogP contribution in [-0.2, 0) is 9.59 Å². The molecule has 0 saturated carbocycles. The van der Waals surface area contributed by atoms with Crippen LogP contribution < -0.4 is 14.8 Å². The average Bonchev–Trinajstić information content (AvgIpc) is 3.47. The molecule has 0 atom stereocenters. The lowest BCUT2D eigenvalue weighted by Crippen LogP contribution is -2.33. The van der Waals surface area contributed by atoms with Crippen molar-refractivity contribution < 1.29 is 9.59 Å². The van der Waals surface area contributed by atoms with Crippen molar-refractivity contribution in [2.45, 2.75) is 6.42 Å². The van der Waals surface area contributed by atoms with E-state index in [1.165, 1.54) is 4.90 Å². The second kappa shape index (κ2) is 9.00. The van der Waals surface area contributed by atoms with E-state index in [0.29, 0.717) is 22.9 Å². The molecule has 1 fully saturated rings. The summed E-state index contributed by atoms with van der Waals surface area (Å²) in [5.41, 5.74) is 3.49. The van der Waals surface area contributed by atoms with Gasteiger partial charge in [-0.2, -0.15) is 0 Å². The van der Waals surface area contributed by atoms with Gasteiger partial charge >= 0.3 is 0 Å². The summed E-state index contributed by atoms with van der Waals surface area (Å²) in [4.78, 5) is 30.3. The van der Waals surface area contributed by atoms with E-state index in [-0.39, 0.29) is 18.2 Å². The highest BCUT2D eigenvalue weighted by Crippen LogP contribution is 2.39. The van der Waals surface area contributed by atoms with Crippen molar-refractivity contribution in [1.82, 2.24) is 0 Å². The Hall–Kier alpha value is -4.97. The number of hydrogen-bond donors (Lipinski definition) is 0. The Kier molecular flexibility index (Phi) is 5.39. The summed E-state index contributed by atoms with van der Waals surface area (Å²) in [6.45, 7) is 0. The molecule has 2 aliphatic heterocycles. The molecule has 0 bridgehead atoms. The smallest absolute Gasteiger partial charge is 0.265 e. The number of anilines is 3. The highest BCUT2D eigenvalue weighted by molar-refractivity contribution is 6.29. The van der Waals surface area contributed by atoms with Crippen LogP contribution in [0.4, 0.5) is 17.1 Å². The van der Waals surface area contributed by atoms with Crippen LogP contribution in [0.25, 0.3) is 0 Å². The Morgan fingerprint density at radius 1 is 0.556 bits per heavy atom. The molecule has 6 heteroatoms. The van der Waals surface area contributed by atoms with Gasteiger partial charge in [0.25, 0.3) is 5.91 Å². The molecule has 4 aromatic carbocycles. The van der Waals surface area contributed by atoms with Crippen molar-refractivity contribution >= 4 is 34.7 Å². The van der Waals surface area contributed by atoms with Gasteiger partial charge in [-0.05, 0) is 36.4 Å². The first-order chi connectivity index (χ1) is 17.7. The number of carbonyl (C=O) groups excluding carboxylic acids is 2. The van der Waals surface area contributed by atoms with Crippen molar-refractivity contribution in [2.24, 2.45) is 5.10 Å². The molecule has 0 aliphatic carbocycles. The molecule has 4 aromatic rings. The molecular weight excluding hydrogens is 448 g/mol. The molecule has 0 radical (unpaired) electrons. The van der Waals surface area contributed by atoms with Gasteiger partial charge in [-0.1, -0.05) is 84.9 Å². The maximum atomic E-state index is 13.8. The van der Waals surface area contributed by atoms with Crippen molar-refractivity contribution in [1.29, 1.82) is 0 Å². The van der Waals surface area contributed by atoms with E-state index in [1.807, 2.05) is 114 Å². The minimum atomic E-state index is -0.340. The second-order valence-corrected chi connectivity index (χ2v) is 8.46. The summed E-state index contributed by atoms with van der Waals surface area (Å²) < 4.78 is 0. The molecule has 6 rings (SSSR count). The number of imide groups is 1. The van der Waals surface area contributed by atoms with Crippen LogP contribution in [0.3, 0.4) is 0 Å². The summed E-state index contributed by atoms with van der Waals surface area (Å²) in [6, 6.07) is 38.4. The lowest BCUT2D eigenvalue weighted by atomic mass is 10.1. The number of hydrogen-bond acceptors (Lipinski definition) is 5. The zero-order valence-corrected chi connectivity index (χ0v) is 19.4. The van der Waals surface area contributed by atoms with Crippen LogP contribution in [0, 0.1) is 0 Å². The lowest BCUT2D eigenvalue weighted by molar-refractivity contribution is -0.120. The van der Waals surface area contributed by atoms with Gasteiger partial charge in [-0.15, -0.1) is 5.10 Å². The third-order valence-electron chi connectivity index (χ3n) is 6.19. The highest BCUT2D eigenvalue weighted by Gasteiger charge is 2.43. The van der Waals surface area contributed by atoms with Gasteiger partial charge in [0.15, 0.2) is 5.84 Å². The summed E-state index contributed by atoms with van der Waals surface area (Å²) >= 11 is 0. The van der Waals surface area contributed by atoms with E-state index >= 15 is 0 Å². The molecule has 174 valence electrons. The second-order valence-electron chi connectivity index (χ2n) is 8.46. The zero-order valence-electron chi connectivity index (χ0n) is 19.4. The number of hydrazone groups is 1. The van der Waals surface area contributed by atoms with Gasteiger partial charge in [-0.3, -0.25) is 14.5 Å². The van der Waals surface area contributed by atoms with E-state index in [4.69, 9.17) is 5.10 Å². The predicted octanol–water partition coefficient (Wildman–Crippen LogP) is 5.55. The lowest BCUT2D eigenvalue weighted by Gasteiger charge is -2.26. The van der Waals surface area contributed by atoms with Gasteiger partial charge in [0, 0.05) is 11.3 Å². The molecule has 36 heavy (non-hydrogen) atoms. The Labute approximate surface area is 209 Å². The number of para-hydroxylation sites is 3. The molecule has 2 amide bonds. The Balaban J connectivity index is 1.58. The van der Waals surface area contributed by atoms with E-state index in [0.717, 1.165) is 16.9 Å². The summed E-state index contributed by atoms with van der Waals surface area (Å²) in [5.74, 6) is 0.630. The Bertz CT molecular complexity index is 1480. The topological polar surface area (TPSA) is 56.2 Å². The van der Waals surface area contributed by atoms with E-state index < -0.39 is 0 Å². The van der Waals surface area contributed by atoms with Crippen LogP contribution in [0.15, 0.2) is 138 Å². The summed E-state index contributed by atoms with van der Waals surface area (Å²) in [6.07, 6.45) is -0.0205. The Morgan fingerprint density at radius 2 is 1.03 bits per heavy atom. The number of benzene rings is 4. The summed E-state index contributed by atoms with van der Waals surface area (Å²) in [7, 11) is 0. The van der Waals surface area contributed by atoms with Crippen molar-refractivity contribution in [3.8, 4) is 0 Å². The van der Waals surface area contributed by atoms with Gasteiger partial charge < -0.3 is 0 Å². The van der Waals surface area contributed by atoms with Gasteiger partial charge in [0.1, 0.15) is 5.82 Å². The number of nitrogens with zero attached hydrogens (tertiary/aromatic N) is 4. The van der Waals surface area contributed by atoms with Gasteiger partial charge in [-0.25, -0.2) is 9.91 Å². The van der Waals surface area contributed by atoms with E-state index in [9.17, 15) is 9.59 Å². The molecule has 0 N–H and O–H groups in total. The minimum Gasteiger partial charge on any atom is -0.277 e. The fourth-order valence-corrected chi connectivity index (χ4v) is 4.56. The molecule has 0 aromatic heterocycles. The minimum absolute atomic E-state index is 0.0205. The molecule has 2 heterocycles. The van der Waals surface area contributed by atoms with Crippen molar-refractivity contribution in [3.05, 3.63) is 138 Å². The van der Waals surface area contributed by atoms with E-state index in [1.54, 1.807) is 17.1 Å². The van der Waals surface area contributed by atoms with Crippen LogP contribution in [0.5, 0.6) is 0 Å². The maximum Gasteiger partial charge on any atom is 0.265 e. The SMILES string of the molecule is O=C1C/C(=C2\N(c3ccccc3)N=C(c3ccccc3)N2c2ccccc2)C(=O)N1c1ccccc1. The molecule has 2 aliphatic rings. The number of carbonyl (C=O) groups is 2. The fourth-order valence-electron chi connectivity index (χ4n) is 4.56. The normalized spacial score (nSPS) is 17.7. The van der Waals surface area contributed by atoms with Crippen LogP contribution >= 0.6 is 0 Å². The van der Waals surface area contributed by atoms with E-state index in [2.05, 4.69) is 0 Å². The number of amidine groups is 1. The van der Waals surface area contributed by atoms with Crippen LogP contribution in [-0.4, -0.2) is 17.6 Å². The van der Waals surface area contributed by atoms with Gasteiger partial charge in [0.05, 0.1) is 23.4 Å². The van der Waals surface area contributed by atoms with Crippen molar-refractivity contribution in [2.75, 3.05) is 14.8 Å². The Morgan fingerprint density at radius 3 is 1.58 bits per heavy atom. The fraction of sp³-hybridized carbons (Fsp3) is 0.0333. The largest absolute Gasteiger partial charge is 0.277 e. The first-order valence-corrected chi connectivity index (χ1v) is 11.7. The quantitative estimate of drug-likeness (QED) is 0.290. The molecule has 0 spiro atoms. The van der Waals surface area contributed by atoms with Crippen LogP contribution in [0.1, 0.15) is 12.0 Å². The first-order valence-electron chi connectivity index (χ1n) is 11.7. The molecule has 6 nitrogen and oxygen atoms in total. The highest BCUT2D eigenvalue weighted by atomic mass is 16.2. The number of amides is 2. The molecule has 1 saturated heterocycles. The zero-order chi connectivity index (χ0) is 24.5. The average molecular weight is 471 g/mol. The predicted molar refractivity (Wildman–Crippen MR) is 141 cm³/mol. The summed E-state index contributed by atoms with van der Waals surface area (Å²) in [5, 5.41) is 6.77. The monoisotopic (exact) mass is 470 g/mol. The first kappa shape index (κ1) is 21.6. The molecular formula is C30H22N4O2. The molecule has 0 unspecified atom stereocenters. The third-order valence-corrected chi connectivity index (χ3v) is 6.19. The number of rotatable bonds is 4. The van der Waals surface area contributed by atoms with Crippen molar-refractivity contribution in [3.63, 3.8) is 0 Å². The van der Waals surface area contributed by atoms with Gasteiger partial charge in [0.2, 0.25) is 5.91 Å². The third kappa shape index (κ3) is 3.65.